The summed E-state index contributed by atoms with van der Waals surface area (Å²) < 4.78 is 4.99. The zero-order valence-corrected chi connectivity index (χ0v) is 12.0. The SMILES string of the molecule is CC(C)c1cc(NC(=O)c2ccc([N+](=O)[O-])cc2Cl)on1. The molecule has 0 bridgehead atoms. The number of nitro groups is 1. The second-order valence-electron chi connectivity index (χ2n) is 4.65. The lowest BCUT2D eigenvalue weighted by Crippen LogP contribution is -2.12. The maximum atomic E-state index is 12.0. The van der Waals surface area contributed by atoms with E-state index in [1.807, 2.05) is 13.8 Å². The number of anilines is 1. The molecule has 0 aliphatic heterocycles. The predicted octanol–water partition coefficient (Wildman–Crippen LogP) is 3.61. The normalized spacial score (nSPS) is 10.7. The molecule has 0 radical (unpaired) electrons. The van der Waals surface area contributed by atoms with E-state index in [2.05, 4.69) is 10.5 Å². The minimum absolute atomic E-state index is 0.00898. The van der Waals surface area contributed by atoms with Crippen molar-refractivity contribution in [2.45, 2.75) is 19.8 Å². The van der Waals surface area contributed by atoms with Crippen molar-refractivity contribution in [3.8, 4) is 0 Å². The summed E-state index contributed by atoms with van der Waals surface area (Å²) in [6, 6.07) is 5.23. The first-order valence-electron chi connectivity index (χ1n) is 6.10. The van der Waals surface area contributed by atoms with Gasteiger partial charge in [-0.3, -0.25) is 20.2 Å². The summed E-state index contributed by atoms with van der Waals surface area (Å²) in [6.07, 6.45) is 0. The van der Waals surface area contributed by atoms with Crippen molar-refractivity contribution in [1.29, 1.82) is 0 Å². The van der Waals surface area contributed by atoms with E-state index in [4.69, 9.17) is 16.1 Å². The van der Waals surface area contributed by atoms with Gasteiger partial charge in [0.1, 0.15) is 0 Å². The number of hydrogen-bond donors (Lipinski definition) is 1. The van der Waals surface area contributed by atoms with E-state index in [-0.39, 0.29) is 28.1 Å². The number of aromatic nitrogens is 1. The van der Waals surface area contributed by atoms with Crippen LogP contribution in [0.2, 0.25) is 5.02 Å². The average molecular weight is 310 g/mol. The Morgan fingerprint density at radius 1 is 1.43 bits per heavy atom. The minimum atomic E-state index is -0.584. The van der Waals surface area contributed by atoms with Gasteiger partial charge >= 0.3 is 0 Å². The molecule has 110 valence electrons. The number of rotatable bonds is 4. The van der Waals surface area contributed by atoms with Crippen LogP contribution in [0.4, 0.5) is 11.6 Å². The molecule has 1 amide bonds. The molecule has 0 aliphatic carbocycles. The largest absolute Gasteiger partial charge is 0.338 e. The number of benzene rings is 1. The van der Waals surface area contributed by atoms with Gasteiger partial charge in [-0.25, -0.2) is 0 Å². The van der Waals surface area contributed by atoms with Crippen LogP contribution in [0.15, 0.2) is 28.8 Å². The molecule has 0 saturated carbocycles. The van der Waals surface area contributed by atoms with Gasteiger partial charge in [0.15, 0.2) is 0 Å². The predicted molar refractivity (Wildman–Crippen MR) is 76.7 cm³/mol. The Morgan fingerprint density at radius 3 is 2.67 bits per heavy atom. The molecule has 0 atom stereocenters. The summed E-state index contributed by atoms with van der Waals surface area (Å²) in [5.41, 5.74) is 0.642. The van der Waals surface area contributed by atoms with Crippen LogP contribution in [0.5, 0.6) is 0 Å². The van der Waals surface area contributed by atoms with Crippen molar-refractivity contribution < 1.29 is 14.2 Å². The van der Waals surface area contributed by atoms with Gasteiger partial charge in [-0.05, 0) is 12.0 Å². The van der Waals surface area contributed by atoms with E-state index in [0.29, 0.717) is 5.69 Å². The number of halogens is 1. The number of carbonyl (C=O) groups excluding carboxylic acids is 1. The molecule has 1 aromatic heterocycles. The molecule has 0 aliphatic rings. The molecule has 1 aromatic carbocycles. The van der Waals surface area contributed by atoms with Gasteiger partial charge in [-0.2, -0.15) is 0 Å². The molecule has 1 heterocycles. The summed E-state index contributed by atoms with van der Waals surface area (Å²) >= 11 is 5.88. The lowest BCUT2D eigenvalue weighted by Gasteiger charge is -2.03. The van der Waals surface area contributed by atoms with Gasteiger partial charge in [0.05, 0.1) is 21.2 Å². The highest BCUT2D eigenvalue weighted by Crippen LogP contribution is 2.24. The van der Waals surface area contributed by atoms with Crippen molar-refractivity contribution >= 4 is 29.1 Å². The number of carbonyl (C=O) groups is 1. The Hall–Kier alpha value is -2.41. The van der Waals surface area contributed by atoms with Crippen molar-refractivity contribution in [2.24, 2.45) is 0 Å². The highest BCUT2D eigenvalue weighted by atomic mass is 35.5. The quantitative estimate of drug-likeness (QED) is 0.687. The van der Waals surface area contributed by atoms with Crippen LogP contribution in [0.25, 0.3) is 0 Å². The Morgan fingerprint density at radius 2 is 2.14 bits per heavy atom. The fourth-order valence-electron chi connectivity index (χ4n) is 1.60. The third-order valence-electron chi connectivity index (χ3n) is 2.76. The fraction of sp³-hybridized carbons (Fsp3) is 0.231. The topological polar surface area (TPSA) is 98.3 Å². The molecule has 0 fully saturated rings. The lowest BCUT2D eigenvalue weighted by atomic mass is 10.1. The van der Waals surface area contributed by atoms with Gasteiger partial charge in [0.2, 0.25) is 5.88 Å². The molecule has 8 heteroatoms. The minimum Gasteiger partial charge on any atom is -0.338 e. The summed E-state index contributed by atoms with van der Waals surface area (Å²) in [6.45, 7) is 3.88. The number of amides is 1. The van der Waals surface area contributed by atoms with Crippen molar-refractivity contribution in [2.75, 3.05) is 5.32 Å². The summed E-state index contributed by atoms with van der Waals surface area (Å²) in [4.78, 5) is 22.1. The van der Waals surface area contributed by atoms with E-state index in [1.54, 1.807) is 6.07 Å². The second kappa shape index (κ2) is 5.92. The van der Waals surface area contributed by atoms with Gasteiger partial charge in [0.25, 0.3) is 11.6 Å². The third kappa shape index (κ3) is 3.38. The summed E-state index contributed by atoms with van der Waals surface area (Å²) in [7, 11) is 0. The molecule has 1 N–H and O–H groups in total. The van der Waals surface area contributed by atoms with Gasteiger partial charge < -0.3 is 4.52 Å². The third-order valence-corrected chi connectivity index (χ3v) is 3.08. The van der Waals surface area contributed by atoms with E-state index in [9.17, 15) is 14.9 Å². The Kier molecular flexibility index (Phi) is 4.23. The first-order chi connectivity index (χ1) is 9.88. The summed E-state index contributed by atoms with van der Waals surface area (Å²) in [5.74, 6) is -0.165. The smallest absolute Gasteiger partial charge is 0.270 e. The fourth-order valence-corrected chi connectivity index (χ4v) is 1.86. The highest BCUT2D eigenvalue weighted by Gasteiger charge is 2.17. The standard InChI is InChI=1S/C13H12ClN3O4/c1-7(2)11-6-12(21-16-11)15-13(18)9-4-3-8(17(19)20)5-10(9)14/h3-7H,1-2H3,(H,15,18). The van der Waals surface area contributed by atoms with E-state index in [0.717, 1.165) is 6.07 Å². The van der Waals surface area contributed by atoms with Gasteiger partial charge in [0, 0.05) is 18.2 Å². The van der Waals surface area contributed by atoms with E-state index < -0.39 is 10.8 Å². The van der Waals surface area contributed by atoms with E-state index in [1.165, 1.54) is 12.1 Å². The number of nitro benzene ring substituents is 1. The van der Waals surface area contributed by atoms with E-state index >= 15 is 0 Å². The highest BCUT2D eigenvalue weighted by molar-refractivity contribution is 6.34. The zero-order chi connectivity index (χ0) is 15.6. The van der Waals surface area contributed by atoms with Crippen LogP contribution in [-0.2, 0) is 0 Å². The molecular weight excluding hydrogens is 298 g/mol. The molecule has 2 rings (SSSR count). The van der Waals surface area contributed by atoms with Crippen molar-refractivity contribution in [3.05, 3.63) is 50.7 Å². The second-order valence-corrected chi connectivity index (χ2v) is 5.05. The molecule has 0 saturated heterocycles. The zero-order valence-electron chi connectivity index (χ0n) is 11.3. The lowest BCUT2D eigenvalue weighted by molar-refractivity contribution is -0.384. The Bertz CT molecular complexity index is 696. The van der Waals surface area contributed by atoms with Gasteiger partial charge in [-0.15, -0.1) is 0 Å². The monoisotopic (exact) mass is 309 g/mol. The Labute approximate surface area is 125 Å². The summed E-state index contributed by atoms with van der Waals surface area (Å²) in [5, 5.41) is 16.9. The van der Waals surface area contributed by atoms with Crippen LogP contribution in [-0.4, -0.2) is 16.0 Å². The molecular formula is C13H12ClN3O4. The maximum Gasteiger partial charge on any atom is 0.270 e. The number of hydrogen-bond acceptors (Lipinski definition) is 5. The first kappa shape index (κ1) is 15.0. The van der Waals surface area contributed by atoms with Crippen LogP contribution in [0.3, 0.4) is 0 Å². The molecule has 2 aromatic rings. The maximum absolute atomic E-state index is 12.0. The average Bonchev–Trinajstić information content (AvgIpc) is 2.87. The first-order valence-corrected chi connectivity index (χ1v) is 6.48. The van der Waals surface area contributed by atoms with Crippen LogP contribution >= 0.6 is 11.6 Å². The number of nitrogens with zero attached hydrogens (tertiary/aromatic N) is 2. The Balaban J connectivity index is 2.18. The molecule has 0 spiro atoms. The van der Waals surface area contributed by atoms with Crippen molar-refractivity contribution in [1.82, 2.24) is 5.16 Å². The molecule has 21 heavy (non-hydrogen) atoms. The van der Waals surface area contributed by atoms with Gasteiger partial charge in [-0.1, -0.05) is 30.6 Å². The molecule has 7 nitrogen and oxygen atoms in total. The van der Waals surface area contributed by atoms with Crippen LogP contribution < -0.4 is 5.32 Å². The molecule has 0 unspecified atom stereocenters. The number of non-ortho nitro benzene ring substituents is 1. The van der Waals surface area contributed by atoms with Crippen LogP contribution in [0.1, 0.15) is 35.8 Å². The number of nitrogens with one attached hydrogen (secondary N) is 1. The van der Waals surface area contributed by atoms with Crippen molar-refractivity contribution in [3.63, 3.8) is 0 Å². The van der Waals surface area contributed by atoms with Crippen LogP contribution in [0, 0.1) is 10.1 Å².